The molecule has 0 radical (unpaired) electrons. The Morgan fingerprint density at radius 3 is 2.51 bits per heavy atom. The number of benzene rings is 3. The van der Waals surface area contributed by atoms with Gasteiger partial charge >= 0.3 is 6.09 Å². The van der Waals surface area contributed by atoms with Crippen molar-refractivity contribution in [3.05, 3.63) is 86.9 Å². The molecule has 1 aliphatic carbocycles. The smallest absolute Gasteiger partial charge is 0.410 e. The Bertz CT molecular complexity index is 1640. The van der Waals surface area contributed by atoms with Crippen LogP contribution in [0.4, 0.5) is 13.6 Å². The van der Waals surface area contributed by atoms with Crippen molar-refractivity contribution in [2.75, 3.05) is 6.54 Å². The Balaban J connectivity index is 1.56. The lowest BCUT2D eigenvalue weighted by molar-refractivity contribution is -0.0216. The molecule has 3 aliphatic rings. The molecule has 3 aromatic rings. The van der Waals surface area contributed by atoms with E-state index in [1.807, 2.05) is 30.3 Å². The molecule has 1 unspecified atom stereocenters. The molecule has 0 saturated carbocycles. The summed E-state index contributed by atoms with van der Waals surface area (Å²) in [6.07, 6.45) is 0.447. The third kappa shape index (κ3) is 4.83. The summed E-state index contributed by atoms with van der Waals surface area (Å²) in [6, 6.07) is 11.3. The standard InChI is InChI=1S/C33H33ClF2N2O5/c1-32(2,3)43-31(41)38-13-7-10-25(38)33(17-8-5-4-6-9-17)16-21-24(42-33)15-22(35)28(34)26(21)27-20(30(37)40)14-19-18(29(27)36)11-12-23(19)39/h4-6,8-9,14-15,23,25,39H,7,10-13,16H2,1-3H3,(H2,37,40)/t23?,25-,33-/m0/s1. The number of ether oxygens (including phenoxy) is 2. The normalized spacial score (nSPS) is 22.7. The quantitative estimate of drug-likeness (QED) is 0.347. The van der Waals surface area contributed by atoms with Gasteiger partial charge in [0.05, 0.1) is 22.7 Å². The van der Waals surface area contributed by atoms with Gasteiger partial charge in [-0.1, -0.05) is 41.9 Å². The Kier molecular flexibility index (Phi) is 7.17. The molecule has 0 spiro atoms. The van der Waals surface area contributed by atoms with Crippen LogP contribution in [-0.2, 0) is 23.2 Å². The first-order chi connectivity index (χ1) is 20.3. The number of carbonyl (C=O) groups is 2. The van der Waals surface area contributed by atoms with Crippen molar-refractivity contribution in [3.8, 4) is 16.9 Å². The molecule has 1 saturated heterocycles. The fourth-order valence-electron chi connectivity index (χ4n) is 6.85. The average Bonchev–Trinajstić information content (AvgIpc) is 3.67. The second-order valence-electron chi connectivity index (χ2n) is 12.5. The zero-order valence-electron chi connectivity index (χ0n) is 24.2. The number of carbonyl (C=O) groups excluding carboxylic acids is 2. The summed E-state index contributed by atoms with van der Waals surface area (Å²) in [4.78, 5) is 27.8. The van der Waals surface area contributed by atoms with Crippen LogP contribution in [-0.4, -0.2) is 40.2 Å². The van der Waals surface area contributed by atoms with Gasteiger partial charge in [-0.15, -0.1) is 0 Å². The number of aliphatic hydroxyl groups excluding tert-OH is 1. The van der Waals surface area contributed by atoms with Crippen molar-refractivity contribution < 1.29 is 33.0 Å². The minimum absolute atomic E-state index is 0.0215. The van der Waals surface area contributed by atoms with Crippen molar-refractivity contribution in [1.82, 2.24) is 4.90 Å². The van der Waals surface area contributed by atoms with E-state index in [2.05, 4.69) is 0 Å². The Hall–Kier alpha value is -3.69. The largest absolute Gasteiger partial charge is 0.480 e. The van der Waals surface area contributed by atoms with E-state index in [0.717, 1.165) is 11.6 Å². The molecule has 3 N–H and O–H groups in total. The maximum absolute atomic E-state index is 16.4. The molecular formula is C33H33ClF2N2O5. The maximum Gasteiger partial charge on any atom is 0.410 e. The van der Waals surface area contributed by atoms with E-state index in [-0.39, 0.29) is 57.9 Å². The predicted octanol–water partition coefficient (Wildman–Crippen LogP) is 6.59. The van der Waals surface area contributed by atoms with Crippen molar-refractivity contribution in [3.63, 3.8) is 0 Å². The minimum Gasteiger partial charge on any atom is -0.480 e. The molecule has 226 valence electrons. The van der Waals surface area contributed by atoms with Crippen LogP contribution in [0.25, 0.3) is 11.1 Å². The summed E-state index contributed by atoms with van der Waals surface area (Å²) >= 11 is 6.61. The summed E-state index contributed by atoms with van der Waals surface area (Å²) in [5.41, 5.74) is 5.01. The van der Waals surface area contributed by atoms with Gasteiger partial charge in [-0.2, -0.15) is 0 Å². The third-order valence-corrected chi connectivity index (χ3v) is 9.01. The van der Waals surface area contributed by atoms with Crippen molar-refractivity contribution >= 4 is 23.6 Å². The molecule has 2 heterocycles. The van der Waals surface area contributed by atoms with Crippen molar-refractivity contribution in [1.29, 1.82) is 0 Å². The van der Waals surface area contributed by atoms with Crippen LogP contribution in [0, 0.1) is 11.6 Å². The number of nitrogens with two attached hydrogens (primary N) is 1. The third-order valence-electron chi connectivity index (χ3n) is 8.64. The number of nitrogens with zero attached hydrogens (tertiary/aromatic N) is 1. The van der Waals surface area contributed by atoms with Gasteiger partial charge in [0, 0.05) is 35.7 Å². The number of aliphatic hydroxyl groups is 1. The lowest BCUT2D eigenvalue weighted by Crippen LogP contribution is -2.53. The van der Waals surface area contributed by atoms with Gasteiger partial charge in [0.1, 0.15) is 23.0 Å². The van der Waals surface area contributed by atoms with Crippen LogP contribution in [0.5, 0.6) is 5.75 Å². The minimum atomic E-state index is -1.20. The van der Waals surface area contributed by atoms with Crippen LogP contribution in [0.2, 0.25) is 5.02 Å². The van der Waals surface area contributed by atoms with Gasteiger partial charge in [0.15, 0.2) is 5.60 Å². The first-order valence-corrected chi connectivity index (χ1v) is 14.8. The molecule has 0 bridgehead atoms. The molecule has 43 heavy (non-hydrogen) atoms. The van der Waals surface area contributed by atoms with E-state index in [1.165, 1.54) is 6.07 Å². The second-order valence-corrected chi connectivity index (χ2v) is 12.9. The fourth-order valence-corrected chi connectivity index (χ4v) is 7.11. The van der Waals surface area contributed by atoms with Gasteiger partial charge in [0.25, 0.3) is 0 Å². The highest BCUT2D eigenvalue weighted by Gasteiger charge is 2.54. The number of amides is 2. The van der Waals surface area contributed by atoms with Crippen LogP contribution in [0.1, 0.15) is 78.7 Å². The molecule has 1 fully saturated rings. The van der Waals surface area contributed by atoms with Gasteiger partial charge in [-0.05, 0) is 69.2 Å². The van der Waals surface area contributed by atoms with E-state index < -0.39 is 47.0 Å². The first-order valence-electron chi connectivity index (χ1n) is 14.4. The Labute approximate surface area is 253 Å². The molecule has 3 atom stereocenters. The van der Waals surface area contributed by atoms with Gasteiger partial charge < -0.3 is 25.2 Å². The van der Waals surface area contributed by atoms with Gasteiger partial charge in [-0.25, -0.2) is 13.6 Å². The van der Waals surface area contributed by atoms with Crippen molar-refractivity contribution in [2.24, 2.45) is 5.73 Å². The number of halogens is 3. The number of likely N-dealkylation sites (tertiary alicyclic amines) is 1. The molecule has 3 aromatic carbocycles. The molecular weight excluding hydrogens is 578 g/mol. The van der Waals surface area contributed by atoms with E-state index in [0.29, 0.717) is 24.9 Å². The topological polar surface area (TPSA) is 102 Å². The molecule has 0 aromatic heterocycles. The molecule has 6 rings (SSSR count). The molecule has 10 heteroatoms. The first kappa shape index (κ1) is 29.4. The summed E-state index contributed by atoms with van der Waals surface area (Å²) in [6.45, 7) is 5.82. The molecule has 7 nitrogen and oxygen atoms in total. The number of hydrogen-bond donors (Lipinski definition) is 2. The van der Waals surface area contributed by atoms with Crippen LogP contribution < -0.4 is 10.5 Å². The highest BCUT2D eigenvalue weighted by Crippen LogP contribution is 2.54. The van der Waals surface area contributed by atoms with Crippen LogP contribution in [0.15, 0.2) is 42.5 Å². The Morgan fingerprint density at radius 2 is 1.84 bits per heavy atom. The summed E-state index contributed by atoms with van der Waals surface area (Å²) in [7, 11) is 0. The van der Waals surface area contributed by atoms with E-state index >= 15 is 8.78 Å². The highest BCUT2D eigenvalue weighted by atomic mass is 35.5. The van der Waals surface area contributed by atoms with Crippen molar-refractivity contribution in [2.45, 2.75) is 76.2 Å². The number of primary amides is 1. The Morgan fingerprint density at radius 1 is 1.12 bits per heavy atom. The fraction of sp³-hybridized carbons (Fsp3) is 0.394. The summed E-state index contributed by atoms with van der Waals surface area (Å²) in [5.74, 6) is -2.44. The van der Waals surface area contributed by atoms with Crippen LogP contribution in [0.3, 0.4) is 0 Å². The van der Waals surface area contributed by atoms with E-state index in [4.69, 9.17) is 26.8 Å². The maximum atomic E-state index is 16.4. The molecule has 2 aliphatic heterocycles. The zero-order valence-corrected chi connectivity index (χ0v) is 24.9. The lowest BCUT2D eigenvalue weighted by atomic mass is 9.79. The van der Waals surface area contributed by atoms with Crippen LogP contribution >= 0.6 is 11.6 Å². The number of hydrogen-bond acceptors (Lipinski definition) is 5. The molecule has 2 amide bonds. The number of fused-ring (bicyclic) bond motifs is 2. The average molecular weight is 611 g/mol. The van der Waals surface area contributed by atoms with E-state index in [1.54, 1.807) is 25.7 Å². The summed E-state index contributed by atoms with van der Waals surface area (Å²) < 4.78 is 44.4. The second kappa shape index (κ2) is 10.5. The highest BCUT2D eigenvalue weighted by molar-refractivity contribution is 6.34. The van der Waals surface area contributed by atoms with Gasteiger partial charge in [-0.3, -0.25) is 4.79 Å². The lowest BCUT2D eigenvalue weighted by Gasteiger charge is -2.40. The predicted molar refractivity (Wildman–Crippen MR) is 157 cm³/mol. The van der Waals surface area contributed by atoms with Gasteiger partial charge in [0.2, 0.25) is 5.91 Å². The van der Waals surface area contributed by atoms with E-state index in [9.17, 15) is 14.7 Å². The monoisotopic (exact) mass is 610 g/mol. The zero-order chi connectivity index (χ0) is 30.8. The summed E-state index contributed by atoms with van der Waals surface area (Å²) in [5, 5.41) is 10.0. The SMILES string of the molecule is CC(C)(C)OC(=O)N1CCC[C@H]1[C@@]1(c2ccccc2)Cc2c(cc(F)c(Cl)c2-c2c(C(N)=O)cc3c(c2F)CCC3O)O1. The number of rotatable bonds is 4.